The first-order valence-corrected chi connectivity index (χ1v) is 9.35. The summed E-state index contributed by atoms with van der Waals surface area (Å²) in [5, 5.41) is 5.30. The largest absolute Gasteiger partial charge is 0.493 e. The van der Waals surface area contributed by atoms with E-state index in [2.05, 4.69) is 10.1 Å². The Balaban J connectivity index is 1.66. The van der Waals surface area contributed by atoms with Gasteiger partial charge in [-0.3, -0.25) is 9.48 Å². The molecule has 0 bridgehead atoms. The highest BCUT2D eigenvalue weighted by molar-refractivity contribution is 5.97. The quantitative estimate of drug-likeness (QED) is 0.695. The van der Waals surface area contributed by atoms with Crippen LogP contribution in [0.1, 0.15) is 40.5 Å². The zero-order chi connectivity index (χ0) is 19.8. The molecule has 1 aromatic carbocycles. The smallest absolute Gasteiger partial charge is 0.255 e. The van der Waals surface area contributed by atoms with Crippen LogP contribution in [-0.4, -0.2) is 46.3 Å². The van der Waals surface area contributed by atoms with E-state index in [1.807, 2.05) is 43.1 Å². The average Bonchev–Trinajstić information content (AvgIpc) is 3.31. The summed E-state index contributed by atoms with van der Waals surface area (Å²) in [6, 6.07) is 7.77. The van der Waals surface area contributed by atoms with E-state index in [0.717, 1.165) is 41.7 Å². The number of pyridine rings is 1. The van der Waals surface area contributed by atoms with Gasteiger partial charge in [0.15, 0.2) is 17.1 Å². The molecule has 146 valence electrons. The molecule has 1 aliphatic rings. The number of methoxy groups -OCH3 is 2. The number of carbonyl (C=O) groups excluding carboxylic acids is 1. The fraction of sp³-hybridized carbons (Fsp3) is 0.381. The Hall–Kier alpha value is -3.09. The standard InChI is InChI=1S/C21H24N4O3/c1-13-16-10-15(12-22-20(16)24(2)23-13)21(26)25-9-5-6-17(25)14-7-8-18(27-3)19(11-14)28-4/h7-8,10-12,17H,5-6,9H2,1-4H3. The molecule has 1 amide bonds. The Kier molecular flexibility index (Phi) is 4.66. The first kappa shape index (κ1) is 18.3. The highest BCUT2D eigenvalue weighted by atomic mass is 16.5. The molecule has 1 aliphatic heterocycles. The van der Waals surface area contributed by atoms with Crippen molar-refractivity contribution in [3.8, 4) is 11.5 Å². The lowest BCUT2D eigenvalue weighted by molar-refractivity contribution is 0.0735. The van der Waals surface area contributed by atoms with Gasteiger partial charge in [-0.15, -0.1) is 0 Å². The molecule has 0 spiro atoms. The number of nitrogens with zero attached hydrogens (tertiary/aromatic N) is 4. The Morgan fingerprint density at radius 1 is 1.18 bits per heavy atom. The number of carbonyl (C=O) groups is 1. The number of hydrogen-bond acceptors (Lipinski definition) is 5. The van der Waals surface area contributed by atoms with Crippen molar-refractivity contribution in [2.75, 3.05) is 20.8 Å². The third kappa shape index (κ3) is 2.96. The molecule has 28 heavy (non-hydrogen) atoms. The fourth-order valence-corrected chi connectivity index (χ4v) is 4.01. The maximum absolute atomic E-state index is 13.3. The Labute approximate surface area is 163 Å². The second-order valence-corrected chi connectivity index (χ2v) is 7.08. The van der Waals surface area contributed by atoms with E-state index in [4.69, 9.17) is 9.47 Å². The van der Waals surface area contributed by atoms with Crippen molar-refractivity contribution in [1.82, 2.24) is 19.7 Å². The van der Waals surface area contributed by atoms with Crippen molar-refractivity contribution >= 4 is 16.9 Å². The van der Waals surface area contributed by atoms with Crippen LogP contribution in [0.4, 0.5) is 0 Å². The molecule has 1 fully saturated rings. The van der Waals surface area contributed by atoms with Gasteiger partial charge in [-0.1, -0.05) is 6.07 Å². The van der Waals surface area contributed by atoms with Crippen LogP contribution in [0.15, 0.2) is 30.5 Å². The van der Waals surface area contributed by atoms with Crippen LogP contribution in [0, 0.1) is 6.92 Å². The Morgan fingerprint density at radius 2 is 1.96 bits per heavy atom. The van der Waals surface area contributed by atoms with Crippen molar-refractivity contribution in [2.45, 2.75) is 25.8 Å². The predicted octanol–water partition coefficient (Wildman–Crippen LogP) is 3.27. The van der Waals surface area contributed by atoms with E-state index < -0.39 is 0 Å². The summed E-state index contributed by atoms with van der Waals surface area (Å²) in [6.07, 6.45) is 3.53. The van der Waals surface area contributed by atoms with Gasteiger partial charge >= 0.3 is 0 Å². The summed E-state index contributed by atoms with van der Waals surface area (Å²) >= 11 is 0. The summed E-state index contributed by atoms with van der Waals surface area (Å²) in [7, 11) is 5.10. The highest BCUT2D eigenvalue weighted by Crippen LogP contribution is 2.37. The molecular weight excluding hydrogens is 356 g/mol. The second-order valence-electron chi connectivity index (χ2n) is 7.08. The van der Waals surface area contributed by atoms with Crippen LogP contribution >= 0.6 is 0 Å². The van der Waals surface area contributed by atoms with Crippen molar-refractivity contribution < 1.29 is 14.3 Å². The maximum atomic E-state index is 13.3. The monoisotopic (exact) mass is 380 g/mol. The number of benzene rings is 1. The highest BCUT2D eigenvalue weighted by Gasteiger charge is 2.31. The lowest BCUT2D eigenvalue weighted by Crippen LogP contribution is -2.30. The lowest BCUT2D eigenvalue weighted by Gasteiger charge is -2.25. The first-order valence-electron chi connectivity index (χ1n) is 9.35. The molecule has 2 aromatic heterocycles. The molecule has 0 aliphatic carbocycles. The summed E-state index contributed by atoms with van der Waals surface area (Å²) in [5.41, 5.74) is 3.30. The molecule has 1 saturated heterocycles. The van der Waals surface area contributed by atoms with Crippen LogP contribution < -0.4 is 9.47 Å². The van der Waals surface area contributed by atoms with E-state index in [1.165, 1.54) is 0 Å². The van der Waals surface area contributed by atoms with E-state index in [-0.39, 0.29) is 11.9 Å². The normalized spacial score (nSPS) is 16.6. The molecular formula is C21H24N4O3. The third-order valence-electron chi connectivity index (χ3n) is 5.42. The number of rotatable bonds is 4. The van der Waals surface area contributed by atoms with Crippen LogP contribution in [-0.2, 0) is 7.05 Å². The number of ether oxygens (including phenoxy) is 2. The summed E-state index contributed by atoms with van der Waals surface area (Å²) in [6.45, 7) is 2.66. The second kappa shape index (κ2) is 7.14. The van der Waals surface area contributed by atoms with Gasteiger partial charge in [0.1, 0.15) is 0 Å². The molecule has 1 unspecified atom stereocenters. The summed E-state index contributed by atoms with van der Waals surface area (Å²) in [4.78, 5) is 19.7. The van der Waals surface area contributed by atoms with Crippen molar-refractivity contribution in [2.24, 2.45) is 7.05 Å². The Bertz CT molecular complexity index is 1040. The van der Waals surface area contributed by atoms with Crippen molar-refractivity contribution in [1.29, 1.82) is 0 Å². The van der Waals surface area contributed by atoms with Gasteiger partial charge in [0.25, 0.3) is 5.91 Å². The fourth-order valence-electron chi connectivity index (χ4n) is 4.01. The van der Waals surface area contributed by atoms with E-state index in [0.29, 0.717) is 17.1 Å². The van der Waals surface area contributed by atoms with Crippen LogP contribution in [0.5, 0.6) is 11.5 Å². The number of fused-ring (bicyclic) bond motifs is 1. The number of likely N-dealkylation sites (tertiary alicyclic amines) is 1. The molecule has 0 N–H and O–H groups in total. The number of hydrogen-bond donors (Lipinski definition) is 0. The summed E-state index contributed by atoms with van der Waals surface area (Å²) < 4.78 is 12.5. The summed E-state index contributed by atoms with van der Waals surface area (Å²) in [5.74, 6) is 1.35. The molecule has 7 heteroatoms. The number of amides is 1. The molecule has 0 saturated carbocycles. The zero-order valence-corrected chi connectivity index (χ0v) is 16.6. The number of aromatic nitrogens is 3. The zero-order valence-electron chi connectivity index (χ0n) is 16.6. The molecule has 4 rings (SSSR count). The van der Waals surface area contributed by atoms with Gasteiger partial charge in [0, 0.05) is 25.2 Å². The minimum Gasteiger partial charge on any atom is -0.493 e. The minimum absolute atomic E-state index is 0.00469. The van der Waals surface area contributed by atoms with Gasteiger partial charge < -0.3 is 14.4 Å². The minimum atomic E-state index is -0.00469. The first-order chi connectivity index (χ1) is 13.5. The lowest BCUT2D eigenvalue weighted by atomic mass is 10.0. The molecule has 3 heterocycles. The predicted molar refractivity (Wildman–Crippen MR) is 106 cm³/mol. The maximum Gasteiger partial charge on any atom is 0.255 e. The molecule has 0 radical (unpaired) electrons. The van der Waals surface area contributed by atoms with Gasteiger partial charge in [-0.05, 0) is 43.5 Å². The van der Waals surface area contributed by atoms with Crippen LogP contribution in [0.3, 0.4) is 0 Å². The van der Waals surface area contributed by atoms with Crippen molar-refractivity contribution in [3.63, 3.8) is 0 Å². The number of aryl methyl sites for hydroxylation is 2. The molecule has 1 atom stereocenters. The van der Waals surface area contributed by atoms with Gasteiger partial charge in [0.2, 0.25) is 0 Å². The molecule has 3 aromatic rings. The van der Waals surface area contributed by atoms with Gasteiger partial charge in [0.05, 0.1) is 31.5 Å². The topological polar surface area (TPSA) is 69.5 Å². The average molecular weight is 380 g/mol. The van der Waals surface area contributed by atoms with E-state index in [1.54, 1.807) is 25.1 Å². The van der Waals surface area contributed by atoms with Gasteiger partial charge in [-0.25, -0.2) is 4.98 Å². The SMILES string of the molecule is COc1ccc(C2CCCN2C(=O)c2cnc3c(c2)c(C)nn3C)cc1OC. The van der Waals surface area contributed by atoms with E-state index >= 15 is 0 Å². The third-order valence-corrected chi connectivity index (χ3v) is 5.42. The van der Waals surface area contributed by atoms with E-state index in [9.17, 15) is 4.79 Å². The van der Waals surface area contributed by atoms with Gasteiger partial charge in [-0.2, -0.15) is 5.10 Å². The van der Waals surface area contributed by atoms with Crippen LogP contribution in [0.25, 0.3) is 11.0 Å². The Morgan fingerprint density at radius 3 is 2.71 bits per heavy atom. The molecule has 7 nitrogen and oxygen atoms in total. The van der Waals surface area contributed by atoms with Crippen molar-refractivity contribution in [3.05, 3.63) is 47.3 Å². The van der Waals surface area contributed by atoms with Crippen LogP contribution in [0.2, 0.25) is 0 Å².